The van der Waals surface area contributed by atoms with Gasteiger partial charge in [-0.2, -0.15) is 0 Å². The lowest BCUT2D eigenvalue weighted by molar-refractivity contribution is 0.101. The first-order valence-electron chi connectivity index (χ1n) is 14.1. The van der Waals surface area contributed by atoms with Crippen LogP contribution in [0.5, 0.6) is 0 Å². The third kappa shape index (κ3) is 5.44. The molecule has 4 heteroatoms. The summed E-state index contributed by atoms with van der Waals surface area (Å²) in [5.74, 6) is 4.40. The van der Waals surface area contributed by atoms with E-state index in [0.29, 0.717) is 17.5 Å². The molecule has 2 N–H and O–H groups in total. The minimum absolute atomic E-state index is 0.0646. The molecule has 1 aromatic heterocycles. The van der Waals surface area contributed by atoms with Gasteiger partial charge in [0.05, 0.1) is 11.0 Å². The summed E-state index contributed by atoms with van der Waals surface area (Å²) in [4.78, 5) is 19.6. The zero-order chi connectivity index (χ0) is 26.1. The van der Waals surface area contributed by atoms with E-state index in [2.05, 4.69) is 49.4 Å². The molecule has 3 fully saturated rings. The molecule has 0 spiro atoms. The van der Waals surface area contributed by atoms with Crippen LogP contribution >= 0.6 is 0 Å². The Morgan fingerprint density at radius 1 is 0.973 bits per heavy atom. The van der Waals surface area contributed by atoms with Crippen molar-refractivity contribution < 1.29 is 4.79 Å². The van der Waals surface area contributed by atoms with Crippen molar-refractivity contribution in [1.82, 2.24) is 15.3 Å². The van der Waals surface area contributed by atoms with Gasteiger partial charge in [-0.15, -0.1) is 0 Å². The van der Waals surface area contributed by atoms with E-state index in [1.807, 2.05) is 30.3 Å². The van der Waals surface area contributed by atoms with Crippen LogP contribution in [0.3, 0.4) is 0 Å². The Balaban J connectivity index is 0.000000301. The maximum absolute atomic E-state index is 11.5. The quantitative estimate of drug-likeness (QED) is 0.277. The van der Waals surface area contributed by atoms with Crippen molar-refractivity contribution in [3.05, 3.63) is 72.3 Å². The molecule has 0 radical (unpaired) electrons. The van der Waals surface area contributed by atoms with Crippen molar-refractivity contribution in [3.8, 4) is 11.4 Å². The number of aromatic nitrogens is 2. The van der Waals surface area contributed by atoms with Gasteiger partial charge in [-0.3, -0.25) is 4.79 Å². The predicted octanol–water partition coefficient (Wildman–Crippen LogP) is 8.18. The van der Waals surface area contributed by atoms with Crippen molar-refractivity contribution in [2.75, 3.05) is 0 Å². The highest BCUT2D eigenvalue weighted by molar-refractivity contribution is 5.94. The average Bonchev–Trinajstić information content (AvgIpc) is 3.39. The Labute approximate surface area is 221 Å². The molecule has 0 aliphatic heterocycles. The minimum atomic E-state index is 0.0646. The third-order valence-corrected chi connectivity index (χ3v) is 9.16. The molecular weight excluding hydrogens is 454 g/mol. The molecule has 6 rings (SSSR count). The number of nitrogens with zero attached hydrogens (tertiary/aromatic N) is 1. The number of hydrogen-bond donors (Lipinski definition) is 2. The number of Topliss-reactive ketones (excluding diaryl/α,β-unsaturated/α-hetero) is 1. The van der Waals surface area contributed by atoms with Crippen LogP contribution in [-0.2, 0) is 0 Å². The number of carbonyl (C=O) groups is 1. The lowest BCUT2D eigenvalue weighted by Crippen LogP contribution is -2.26. The number of hydrogen-bond acceptors (Lipinski definition) is 3. The summed E-state index contributed by atoms with van der Waals surface area (Å²) in [5.41, 5.74) is 6.89. The molecule has 2 aromatic carbocycles. The van der Waals surface area contributed by atoms with Crippen molar-refractivity contribution in [1.29, 1.82) is 0 Å². The Morgan fingerprint density at radius 3 is 2.19 bits per heavy atom. The SMILES string of the molecule is C=C(NC1CC2CCC2C1=C)c1ccc2nc(-c3ccc(C(C)=O)cc3)[nH]c2c1.CC1CCCCC1C. The second kappa shape index (κ2) is 10.7. The molecular formula is C33H41N3O. The first-order valence-corrected chi connectivity index (χ1v) is 14.1. The topological polar surface area (TPSA) is 57.8 Å². The van der Waals surface area contributed by atoms with E-state index < -0.39 is 0 Å². The Morgan fingerprint density at radius 2 is 1.65 bits per heavy atom. The van der Waals surface area contributed by atoms with Gasteiger partial charge in [0.1, 0.15) is 5.82 Å². The van der Waals surface area contributed by atoms with E-state index in [-0.39, 0.29) is 5.78 Å². The lowest BCUT2D eigenvalue weighted by Gasteiger charge is -2.30. The van der Waals surface area contributed by atoms with E-state index >= 15 is 0 Å². The van der Waals surface area contributed by atoms with Crippen LogP contribution < -0.4 is 5.32 Å². The van der Waals surface area contributed by atoms with E-state index in [0.717, 1.165) is 51.4 Å². The van der Waals surface area contributed by atoms with Crippen LogP contribution in [0.1, 0.15) is 81.6 Å². The number of carbonyl (C=O) groups excluding carboxylic acids is 1. The van der Waals surface area contributed by atoms with Gasteiger partial charge in [-0.25, -0.2) is 4.98 Å². The number of H-pyrrole nitrogens is 1. The van der Waals surface area contributed by atoms with Gasteiger partial charge in [0.25, 0.3) is 0 Å². The van der Waals surface area contributed by atoms with E-state index in [1.54, 1.807) is 6.92 Å². The average molecular weight is 496 g/mol. The smallest absolute Gasteiger partial charge is 0.159 e. The fourth-order valence-electron chi connectivity index (χ4n) is 6.20. The van der Waals surface area contributed by atoms with Crippen LogP contribution in [0, 0.1) is 23.7 Å². The number of imidazole rings is 1. The van der Waals surface area contributed by atoms with Gasteiger partial charge in [0.15, 0.2) is 5.78 Å². The molecule has 3 aromatic rings. The second-order valence-corrected chi connectivity index (χ2v) is 11.6. The third-order valence-electron chi connectivity index (χ3n) is 9.16. The van der Waals surface area contributed by atoms with Crippen LogP contribution in [0.4, 0.5) is 0 Å². The molecule has 194 valence electrons. The van der Waals surface area contributed by atoms with Gasteiger partial charge < -0.3 is 10.3 Å². The maximum Gasteiger partial charge on any atom is 0.159 e. The van der Waals surface area contributed by atoms with Crippen molar-refractivity contribution in [2.45, 2.75) is 71.8 Å². The highest BCUT2D eigenvalue weighted by Crippen LogP contribution is 2.49. The highest BCUT2D eigenvalue weighted by Gasteiger charge is 2.43. The lowest BCUT2D eigenvalue weighted by atomic mass is 9.75. The summed E-state index contributed by atoms with van der Waals surface area (Å²) in [5, 5.41) is 3.61. The van der Waals surface area contributed by atoms with Gasteiger partial charge in [0, 0.05) is 22.9 Å². The predicted molar refractivity (Wildman–Crippen MR) is 154 cm³/mol. The van der Waals surface area contributed by atoms with Crippen LogP contribution in [0.15, 0.2) is 61.2 Å². The van der Waals surface area contributed by atoms with E-state index in [1.165, 1.54) is 50.5 Å². The van der Waals surface area contributed by atoms with Crippen LogP contribution in [0.25, 0.3) is 28.1 Å². The number of ketones is 1. The van der Waals surface area contributed by atoms with Gasteiger partial charge >= 0.3 is 0 Å². The van der Waals surface area contributed by atoms with Crippen LogP contribution in [-0.4, -0.2) is 21.8 Å². The van der Waals surface area contributed by atoms with Gasteiger partial charge in [-0.1, -0.05) is 88.6 Å². The summed E-state index contributed by atoms with van der Waals surface area (Å²) >= 11 is 0. The summed E-state index contributed by atoms with van der Waals surface area (Å²) < 4.78 is 0. The summed E-state index contributed by atoms with van der Waals surface area (Å²) in [6.45, 7) is 14.9. The molecule has 37 heavy (non-hydrogen) atoms. The molecule has 5 unspecified atom stereocenters. The fourth-order valence-corrected chi connectivity index (χ4v) is 6.20. The largest absolute Gasteiger partial charge is 0.379 e. The molecule has 0 saturated heterocycles. The Kier molecular flexibility index (Phi) is 7.37. The normalized spacial score (nSPS) is 26.6. The molecule has 3 aliphatic rings. The summed E-state index contributed by atoms with van der Waals surface area (Å²) in [6.07, 6.45) is 9.71. The zero-order valence-corrected chi connectivity index (χ0v) is 22.6. The van der Waals surface area contributed by atoms with E-state index in [9.17, 15) is 4.79 Å². The van der Waals surface area contributed by atoms with Crippen LogP contribution in [0.2, 0.25) is 0 Å². The standard InChI is InChI=1S/C25H25N3O.C8H16/c1-14-21-10-8-20(21)13-23(14)26-15(2)19-9-11-22-24(12-19)28-25(27-22)18-6-4-17(5-7-18)16(3)29;1-7-5-3-4-6-8(7)2/h4-7,9,11-12,20-21,23,26H,1-2,8,10,13H2,3H3,(H,27,28);7-8H,3-6H2,1-2H3. The fraction of sp³-hybridized carbons (Fsp3) is 0.455. The van der Waals surface area contributed by atoms with Gasteiger partial charge in [-0.05, 0) is 67.6 Å². The molecule has 0 bridgehead atoms. The number of fused-ring (bicyclic) bond motifs is 2. The number of nitrogens with one attached hydrogen (secondary N) is 2. The molecule has 3 aliphatic carbocycles. The van der Waals surface area contributed by atoms with Gasteiger partial charge in [0.2, 0.25) is 0 Å². The first-order chi connectivity index (χ1) is 17.8. The Hall–Kier alpha value is -3.14. The maximum atomic E-state index is 11.5. The molecule has 5 atom stereocenters. The number of aromatic amines is 1. The number of rotatable bonds is 5. The highest BCUT2D eigenvalue weighted by atomic mass is 16.1. The molecule has 1 heterocycles. The van der Waals surface area contributed by atoms with Crippen molar-refractivity contribution in [2.24, 2.45) is 23.7 Å². The van der Waals surface area contributed by atoms with E-state index in [4.69, 9.17) is 4.98 Å². The number of benzene rings is 2. The molecule has 3 saturated carbocycles. The minimum Gasteiger partial charge on any atom is -0.379 e. The second-order valence-electron chi connectivity index (χ2n) is 11.6. The molecule has 0 amide bonds. The summed E-state index contributed by atoms with van der Waals surface area (Å²) in [7, 11) is 0. The summed E-state index contributed by atoms with van der Waals surface area (Å²) in [6, 6.07) is 14.0. The first kappa shape index (κ1) is 25.5. The van der Waals surface area contributed by atoms with Crippen molar-refractivity contribution >= 4 is 22.5 Å². The zero-order valence-electron chi connectivity index (χ0n) is 22.6. The Bertz CT molecular complexity index is 1290. The monoisotopic (exact) mass is 495 g/mol. The van der Waals surface area contributed by atoms with Crippen molar-refractivity contribution in [3.63, 3.8) is 0 Å². The molecule has 4 nitrogen and oxygen atoms in total.